The summed E-state index contributed by atoms with van der Waals surface area (Å²) < 4.78 is 0. The van der Waals surface area contributed by atoms with Gasteiger partial charge >= 0.3 is 0 Å². The smallest absolute Gasteiger partial charge is 0.238 e. The molecule has 5 heteroatoms. The lowest BCUT2D eigenvalue weighted by Gasteiger charge is -2.26. The van der Waals surface area contributed by atoms with Gasteiger partial charge in [0.05, 0.1) is 18.2 Å². The molecule has 0 heterocycles. The number of hydrogen-bond donors (Lipinski definition) is 1. The minimum Gasteiger partial charge on any atom is -0.325 e. The molecule has 25 heavy (non-hydrogen) atoms. The third kappa shape index (κ3) is 5.93. The highest BCUT2D eigenvalue weighted by Gasteiger charge is 2.15. The van der Waals surface area contributed by atoms with Gasteiger partial charge in [-0.2, -0.15) is 5.26 Å². The zero-order valence-corrected chi connectivity index (χ0v) is 15.6. The van der Waals surface area contributed by atoms with E-state index in [2.05, 4.69) is 30.1 Å². The van der Waals surface area contributed by atoms with E-state index in [0.29, 0.717) is 18.7 Å². The van der Waals surface area contributed by atoms with Gasteiger partial charge in [-0.3, -0.25) is 9.69 Å². The van der Waals surface area contributed by atoms with Crippen molar-refractivity contribution in [3.63, 3.8) is 0 Å². The molecule has 0 aliphatic rings. The lowest BCUT2D eigenvalue weighted by Crippen LogP contribution is -2.37. The first kappa shape index (κ1) is 19.0. The average Bonchev–Trinajstić information content (AvgIpc) is 2.62. The summed E-state index contributed by atoms with van der Waals surface area (Å²) in [7, 11) is 0. The topological polar surface area (TPSA) is 56.1 Å². The van der Waals surface area contributed by atoms with Crippen LogP contribution >= 0.6 is 11.8 Å². The quantitative estimate of drug-likeness (QED) is 0.761. The third-order valence-electron chi connectivity index (χ3n) is 3.92. The number of nitriles is 1. The molecule has 0 saturated carbocycles. The van der Waals surface area contributed by atoms with E-state index in [4.69, 9.17) is 5.26 Å². The van der Waals surface area contributed by atoms with Crippen molar-refractivity contribution in [2.24, 2.45) is 0 Å². The zero-order chi connectivity index (χ0) is 18.2. The van der Waals surface area contributed by atoms with Crippen LogP contribution in [0.25, 0.3) is 0 Å². The van der Waals surface area contributed by atoms with Crippen LogP contribution in [0.3, 0.4) is 0 Å². The number of thioether (sulfide) groups is 1. The van der Waals surface area contributed by atoms with E-state index in [-0.39, 0.29) is 11.9 Å². The van der Waals surface area contributed by atoms with Crippen LogP contribution < -0.4 is 5.32 Å². The summed E-state index contributed by atoms with van der Waals surface area (Å²) in [5, 5.41) is 11.8. The van der Waals surface area contributed by atoms with Crippen LogP contribution in [-0.4, -0.2) is 29.6 Å². The Bertz CT molecular complexity index is 733. The molecule has 0 bridgehead atoms. The molecule has 0 unspecified atom stereocenters. The highest BCUT2D eigenvalue weighted by Crippen LogP contribution is 2.17. The van der Waals surface area contributed by atoms with Crippen molar-refractivity contribution in [3.8, 4) is 6.07 Å². The Hall–Kier alpha value is -2.29. The molecule has 2 rings (SSSR count). The van der Waals surface area contributed by atoms with Gasteiger partial charge in [0.15, 0.2) is 0 Å². The van der Waals surface area contributed by atoms with Crippen LogP contribution in [0.2, 0.25) is 0 Å². The maximum absolute atomic E-state index is 12.4. The van der Waals surface area contributed by atoms with Crippen LogP contribution in [0.4, 0.5) is 5.69 Å². The lowest BCUT2D eigenvalue weighted by atomic mass is 10.1. The molecule has 0 aliphatic carbocycles. The molecule has 0 aromatic heterocycles. The van der Waals surface area contributed by atoms with Gasteiger partial charge in [0, 0.05) is 23.2 Å². The predicted molar refractivity (Wildman–Crippen MR) is 104 cm³/mol. The summed E-state index contributed by atoms with van der Waals surface area (Å²) in [6, 6.07) is 17.7. The summed E-state index contributed by atoms with van der Waals surface area (Å²) in [5.74, 6) is -0.0285. The minimum atomic E-state index is -0.0285. The van der Waals surface area contributed by atoms with E-state index in [9.17, 15) is 4.79 Å². The first-order valence-electron chi connectivity index (χ1n) is 8.19. The second-order valence-electron chi connectivity index (χ2n) is 6.08. The highest BCUT2D eigenvalue weighted by molar-refractivity contribution is 7.98. The Morgan fingerprint density at radius 3 is 2.32 bits per heavy atom. The van der Waals surface area contributed by atoms with Gasteiger partial charge in [0.2, 0.25) is 5.91 Å². The molecule has 0 atom stereocenters. The fraction of sp³-hybridized carbons (Fsp3) is 0.300. The van der Waals surface area contributed by atoms with Gasteiger partial charge in [-0.15, -0.1) is 11.8 Å². The van der Waals surface area contributed by atoms with E-state index < -0.39 is 0 Å². The monoisotopic (exact) mass is 353 g/mol. The number of carbonyl (C=O) groups is 1. The Balaban J connectivity index is 1.97. The number of benzene rings is 2. The molecule has 1 N–H and O–H groups in total. The first-order valence-corrected chi connectivity index (χ1v) is 9.41. The van der Waals surface area contributed by atoms with Gasteiger partial charge < -0.3 is 5.32 Å². The molecule has 2 aromatic carbocycles. The number of hydrogen-bond acceptors (Lipinski definition) is 4. The van der Waals surface area contributed by atoms with Crippen molar-refractivity contribution in [1.29, 1.82) is 5.26 Å². The van der Waals surface area contributed by atoms with E-state index in [0.717, 1.165) is 11.3 Å². The Morgan fingerprint density at radius 1 is 1.16 bits per heavy atom. The van der Waals surface area contributed by atoms with Crippen molar-refractivity contribution < 1.29 is 4.79 Å². The molecular weight excluding hydrogens is 330 g/mol. The predicted octanol–water partition coefficient (Wildman–Crippen LogP) is 4.13. The number of nitrogens with one attached hydrogen (secondary N) is 1. The van der Waals surface area contributed by atoms with Crippen molar-refractivity contribution in [1.82, 2.24) is 4.90 Å². The number of anilines is 1. The normalized spacial score (nSPS) is 10.7. The molecular formula is C20H23N3OS. The maximum Gasteiger partial charge on any atom is 0.238 e. The van der Waals surface area contributed by atoms with Crippen molar-refractivity contribution in [2.75, 3.05) is 18.1 Å². The van der Waals surface area contributed by atoms with Gasteiger partial charge in [-0.25, -0.2) is 0 Å². The lowest BCUT2D eigenvalue weighted by molar-refractivity contribution is -0.117. The fourth-order valence-corrected chi connectivity index (χ4v) is 2.81. The molecule has 0 spiro atoms. The second-order valence-corrected chi connectivity index (χ2v) is 6.96. The molecule has 0 aliphatic heterocycles. The maximum atomic E-state index is 12.4. The SMILES string of the molecule is CSc1ccc(NC(=O)CN(Cc2ccc(C#N)cc2)C(C)C)cc1. The molecule has 0 fully saturated rings. The zero-order valence-electron chi connectivity index (χ0n) is 14.8. The number of amides is 1. The van der Waals surface area contributed by atoms with Gasteiger partial charge in [0.25, 0.3) is 0 Å². The number of nitrogens with zero attached hydrogens (tertiary/aromatic N) is 2. The summed E-state index contributed by atoms with van der Waals surface area (Å²) in [6.07, 6.45) is 2.03. The summed E-state index contributed by atoms with van der Waals surface area (Å²) in [6.45, 7) is 5.14. The van der Waals surface area contributed by atoms with Crippen LogP contribution in [0.5, 0.6) is 0 Å². The molecule has 0 saturated heterocycles. The summed E-state index contributed by atoms with van der Waals surface area (Å²) in [5.41, 5.74) is 2.54. The van der Waals surface area contributed by atoms with Gasteiger partial charge in [-0.05, 0) is 62.1 Å². The second kappa shape index (κ2) is 9.26. The van der Waals surface area contributed by atoms with Crippen LogP contribution in [0.1, 0.15) is 25.0 Å². The van der Waals surface area contributed by atoms with Crippen molar-refractivity contribution in [3.05, 3.63) is 59.7 Å². The van der Waals surface area contributed by atoms with Crippen LogP contribution in [-0.2, 0) is 11.3 Å². The summed E-state index contributed by atoms with van der Waals surface area (Å²) >= 11 is 1.67. The third-order valence-corrected chi connectivity index (χ3v) is 4.66. The number of rotatable bonds is 7. The van der Waals surface area contributed by atoms with Gasteiger partial charge in [0.1, 0.15) is 0 Å². The average molecular weight is 353 g/mol. The molecule has 4 nitrogen and oxygen atoms in total. The Labute approximate surface area is 153 Å². The molecule has 1 amide bonds. The standard InChI is InChI=1S/C20H23N3OS/c1-15(2)23(13-17-6-4-16(12-21)5-7-17)14-20(24)22-18-8-10-19(25-3)11-9-18/h4-11,15H,13-14H2,1-3H3,(H,22,24). The van der Waals surface area contributed by atoms with E-state index in [1.165, 1.54) is 4.90 Å². The molecule has 130 valence electrons. The first-order chi connectivity index (χ1) is 12.0. The highest BCUT2D eigenvalue weighted by atomic mass is 32.2. The largest absolute Gasteiger partial charge is 0.325 e. The Morgan fingerprint density at radius 2 is 1.80 bits per heavy atom. The van der Waals surface area contributed by atoms with Crippen LogP contribution in [0, 0.1) is 11.3 Å². The molecule has 0 radical (unpaired) electrons. The molecule has 2 aromatic rings. The van der Waals surface area contributed by atoms with Gasteiger partial charge in [-0.1, -0.05) is 12.1 Å². The van der Waals surface area contributed by atoms with Crippen molar-refractivity contribution in [2.45, 2.75) is 31.3 Å². The Kier molecular flexibility index (Phi) is 7.05. The fourth-order valence-electron chi connectivity index (χ4n) is 2.40. The van der Waals surface area contributed by atoms with E-state index >= 15 is 0 Å². The van der Waals surface area contributed by atoms with Crippen LogP contribution in [0.15, 0.2) is 53.4 Å². The summed E-state index contributed by atoms with van der Waals surface area (Å²) in [4.78, 5) is 15.6. The number of carbonyl (C=O) groups excluding carboxylic acids is 1. The minimum absolute atomic E-state index is 0.0285. The van der Waals surface area contributed by atoms with E-state index in [1.807, 2.05) is 42.7 Å². The van der Waals surface area contributed by atoms with Crippen molar-refractivity contribution >= 4 is 23.4 Å². The van der Waals surface area contributed by atoms with E-state index in [1.54, 1.807) is 23.9 Å².